The molecule has 21 heavy (non-hydrogen) atoms. The fourth-order valence-electron chi connectivity index (χ4n) is 2.53. The molecule has 1 N–H and O–H groups in total. The third-order valence-electron chi connectivity index (χ3n) is 3.96. The summed E-state index contributed by atoms with van der Waals surface area (Å²) in [5, 5.41) is 3.54. The highest BCUT2D eigenvalue weighted by Crippen LogP contribution is 2.11. The molecule has 0 aliphatic carbocycles. The van der Waals surface area contributed by atoms with Crippen molar-refractivity contribution in [2.45, 2.75) is 64.7 Å². The Bertz CT molecular complexity index is 334. The van der Waals surface area contributed by atoms with Gasteiger partial charge in [-0.25, -0.2) is 0 Å². The zero-order chi connectivity index (χ0) is 15.2. The molecule has 1 aromatic rings. The number of hydrogen-bond donors (Lipinski definition) is 1. The minimum atomic E-state index is 0.936. The Hall–Kier alpha value is -1.02. The number of nitrogens with one attached hydrogen (secondary N) is 1. The minimum absolute atomic E-state index is 0.936. The van der Waals surface area contributed by atoms with E-state index in [0.717, 1.165) is 25.3 Å². The molecule has 0 amide bonds. The van der Waals surface area contributed by atoms with Crippen molar-refractivity contribution in [1.82, 2.24) is 5.32 Å². The molecule has 120 valence electrons. The molecular weight excluding hydrogens is 258 g/mol. The highest BCUT2D eigenvalue weighted by molar-refractivity contribution is 5.27. The van der Waals surface area contributed by atoms with Gasteiger partial charge in [-0.3, -0.25) is 0 Å². The summed E-state index contributed by atoms with van der Waals surface area (Å²) in [5.74, 6) is 0.936. The predicted octanol–water partition coefficient (Wildman–Crippen LogP) is 4.97. The van der Waals surface area contributed by atoms with Crippen molar-refractivity contribution >= 4 is 0 Å². The van der Waals surface area contributed by atoms with Crippen LogP contribution in [0.5, 0.6) is 5.75 Å². The van der Waals surface area contributed by atoms with Gasteiger partial charge in [0.25, 0.3) is 0 Å². The third-order valence-corrected chi connectivity index (χ3v) is 3.96. The number of methoxy groups -OCH3 is 1. The van der Waals surface area contributed by atoms with Crippen molar-refractivity contribution in [3.8, 4) is 5.75 Å². The molecule has 0 fully saturated rings. The van der Waals surface area contributed by atoms with E-state index in [4.69, 9.17) is 4.74 Å². The second-order valence-corrected chi connectivity index (χ2v) is 5.82. The fraction of sp³-hybridized carbons (Fsp3) is 0.684. The first-order valence-electron chi connectivity index (χ1n) is 8.70. The lowest BCUT2D eigenvalue weighted by atomic mass is 10.1. The van der Waals surface area contributed by atoms with Gasteiger partial charge in [0, 0.05) is 0 Å². The lowest BCUT2D eigenvalue weighted by Gasteiger charge is -2.06. The predicted molar refractivity (Wildman–Crippen MR) is 92.2 cm³/mol. The van der Waals surface area contributed by atoms with Crippen LogP contribution in [-0.4, -0.2) is 20.2 Å². The molecule has 0 saturated heterocycles. The lowest BCUT2D eigenvalue weighted by molar-refractivity contribution is 0.414. The van der Waals surface area contributed by atoms with Crippen LogP contribution < -0.4 is 10.1 Å². The maximum absolute atomic E-state index is 5.16. The summed E-state index contributed by atoms with van der Waals surface area (Å²) >= 11 is 0. The SMILES string of the molecule is CCCCCCCCCCNCCc1ccc(OC)cc1. The van der Waals surface area contributed by atoms with E-state index in [-0.39, 0.29) is 0 Å². The number of ether oxygens (including phenoxy) is 1. The third kappa shape index (κ3) is 9.52. The first-order chi connectivity index (χ1) is 10.4. The molecule has 0 saturated carbocycles. The normalized spacial score (nSPS) is 10.8. The molecule has 0 unspecified atom stereocenters. The molecule has 2 heteroatoms. The van der Waals surface area contributed by atoms with Crippen LogP contribution in [0.2, 0.25) is 0 Å². The zero-order valence-corrected chi connectivity index (χ0v) is 14.0. The summed E-state index contributed by atoms with van der Waals surface area (Å²) in [6, 6.07) is 8.37. The molecule has 0 atom stereocenters. The van der Waals surface area contributed by atoms with Gasteiger partial charge in [0.2, 0.25) is 0 Å². The van der Waals surface area contributed by atoms with E-state index in [2.05, 4.69) is 24.4 Å². The van der Waals surface area contributed by atoms with Crippen molar-refractivity contribution in [1.29, 1.82) is 0 Å². The highest BCUT2D eigenvalue weighted by atomic mass is 16.5. The molecule has 0 bridgehead atoms. The monoisotopic (exact) mass is 291 g/mol. The van der Waals surface area contributed by atoms with Crippen molar-refractivity contribution in [2.24, 2.45) is 0 Å². The molecule has 0 heterocycles. The van der Waals surface area contributed by atoms with Crippen LogP contribution in [-0.2, 0) is 6.42 Å². The second-order valence-electron chi connectivity index (χ2n) is 5.82. The largest absolute Gasteiger partial charge is 0.497 e. The van der Waals surface area contributed by atoms with E-state index in [9.17, 15) is 0 Å². The van der Waals surface area contributed by atoms with Gasteiger partial charge in [-0.2, -0.15) is 0 Å². The van der Waals surface area contributed by atoms with Gasteiger partial charge in [0.1, 0.15) is 5.75 Å². The van der Waals surface area contributed by atoms with Gasteiger partial charge in [-0.1, -0.05) is 64.0 Å². The summed E-state index contributed by atoms with van der Waals surface area (Å²) in [7, 11) is 1.71. The summed E-state index contributed by atoms with van der Waals surface area (Å²) in [4.78, 5) is 0. The first kappa shape index (κ1) is 18.0. The summed E-state index contributed by atoms with van der Waals surface area (Å²) in [6.45, 7) is 4.51. The maximum atomic E-state index is 5.16. The van der Waals surface area contributed by atoms with Crippen LogP contribution in [0.25, 0.3) is 0 Å². The Morgan fingerprint density at radius 2 is 1.43 bits per heavy atom. The quantitative estimate of drug-likeness (QED) is 0.518. The Balaban J connectivity index is 1.88. The number of unbranched alkanes of at least 4 members (excludes halogenated alkanes) is 7. The fourth-order valence-corrected chi connectivity index (χ4v) is 2.53. The Kier molecular flexibility index (Phi) is 10.9. The smallest absolute Gasteiger partial charge is 0.118 e. The van der Waals surface area contributed by atoms with E-state index >= 15 is 0 Å². The Labute approximate surface area is 131 Å². The molecule has 0 spiro atoms. The van der Waals surface area contributed by atoms with Crippen molar-refractivity contribution in [3.63, 3.8) is 0 Å². The molecule has 1 rings (SSSR count). The van der Waals surface area contributed by atoms with E-state index in [1.807, 2.05) is 12.1 Å². The average molecular weight is 291 g/mol. The Morgan fingerprint density at radius 3 is 2.05 bits per heavy atom. The summed E-state index contributed by atoms with van der Waals surface area (Å²) in [6.07, 6.45) is 12.2. The van der Waals surface area contributed by atoms with Gasteiger partial charge >= 0.3 is 0 Å². The van der Waals surface area contributed by atoms with Crippen LogP contribution in [0.15, 0.2) is 24.3 Å². The molecule has 1 aromatic carbocycles. The molecular formula is C19H33NO. The van der Waals surface area contributed by atoms with E-state index in [1.165, 1.54) is 56.9 Å². The number of hydrogen-bond acceptors (Lipinski definition) is 2. The maximum Gasteiger partial charge on any atom is 0.118 e. The number of rotatable bonds is 13. The molecule has 0 aliphatic rings. The molecule has 0 aromatic heterocycles. The topological polar surface area (TPSA) is 21.3 Å². The summed E-state index contributed by atoms with van der Waals surface area (Å²) in [5.41, 5.74) is 1.37. The molecule has 0 radical (unpaired) electrons. The second kappa shape index (κ2) is 12.7. The first-order valence-corrected chi connectivity index (χ1v) is 8.70. The van der Waals surface area contributed by atoms with Gasteiger partial charge in [-0.15, -0.1) is 0 Å². The van der Waals surface area contributed by atoms with Gasteiger partial charge in [0.05, 0.1) is 7.11 Å². The molecule has 2 nitrogen and oxygen atoms in total. The van der Waals surface area contributed by atoms with E-state index < -0.39 is 0 Å². The van der Waals surface area contributed by atoms with Crippen molar-refractivity contribution in [3.05, 3.63) is 29.8 Å². The minimum Gasteiger partial charge on any atom is -0.497 e. The van der Waals surface area contributed by atoms with Gasteiger partial charge < -0.3 is 10.1 Å². The van der Waals surface area contributed by atoms with Crippen LogP contribution in [0.1, 0.15) is 63.9 Å². The van der Waals surface area contributed by atoms with Crippen molar-refractivity contribution < 1.29 is 4.74 Å². The van der Waals surface area contributed by atoms with Crippen LogP contribution >= 0.6 is 0 Å². The molecule has 0 aliphatic heterocycles. The standard InChI is InChI=1S/C19H33NO/c1-3-4-5-6-7-8-9-10-16-20-17-15-18-11-13-19(21-2)14-12-18/h11-14,20H,3-10,15-17H2,1-2H3. The summed E-state index contributed by atoms with van der Waals surface area (Å²) < 4.78 is 5.16. The van der Waals surface area contributed by atoms with E-state index in [1.54, 1.807) is 7.11 Å². The van der Waals surface area contributed by atoms with Crippen molar-refractivity contribution in [2.75, 3.05) is 20.2 Å². The van der Waals surface area contributed by atoms with Crippen LogP contribution in [0.3, 0.4) is 0 Å². The highest BCUT2D eigenvalue weighted by Gasteiger charge is 1.95. The van der Waals surface area contributed by atoms with Crippen LogP contribution in [0, 0.1) is 0 Å². The van der Waals surface area contributed by atoms with Gasteiger partial charge in [-0.05, 0) is 43.6 Å². The lowest BCUT2D eigenvalue weighted by Crippen LogP contribution is -2.18. The van der Waals surface area contributed by atoms with Gasteiger partial charge in [0.15, 0.2) is 0 Å². The average Bonchev–Trinajstić information content (AvgIpc) is 2.53. The van der Waals surface area contributed by atoms with E-state index in [0.29, 0.717) is 0 Å². The zero-order valence-electron chi connectivity index (χ0n) is 14.0. The number of benzene rings is 1. The van der Waals surface area contributed by atoms with Crippen LogP contribution in [0.4, 0.5) is 0 Å². The Morgan fingerprint density at radius 1 is 0.810 bits per heavy atom.